The summed E-state index contributed by atoms with van der Waals surface area (Å²) in [5, 5.41) is 11.7. The highest BCUT2D eigenvalue weighted by Crippen LogP contribution is 2.29. The number of carbonyl (C=O) groups is 1. The predicted octanol–water partition coefficient (Wildman–Crippen LogP) is 2.58. The number of nitrogens with one attached hydrogen (secondary N) is 2. The van der Waals surface area contributed by atoms with Crippen molar-refractivity contribution in [2.75, 3.05) is 22.1 Å². The summed E-state index contributed by atoms with van der Waals surface area (Å²) in [7, 11) is -3.00. The maximum Gasteiger partial charge on any atom is 0.324 e. The predicted molar refractivity (Wildman–Crippen MR) is 98.2 cm³/mol. The molecular weight excluding hydrogens is 362 g/mol. The van der Waals surface area contributed by atoms with Crippen LogP contribution < -0.4 is 10.6 Å². The lowest BCUT2D eigenvalue weighted by atomic mass is 10.2. The summed E-state index contributed by atoms with van der Waals surface area (Å²) in [6.45, 7) is 7.36. The third kappa shape index (κ3) is 3.69. The number of hydrogen-bond donors (Lipinski definition) is 2. The smallest absolute Gasteiger partial charge is 0.304 e. The monoisotopic (exact) mass is 383 g/mol. The Hall–Kier alpha value is -1.94. The van der Waals surface area contributed by atoms with Crippen molar-refractivity contribution < 1.29 is 13.2 Å². The Morgan fingerprint density at radius 3 is 2.48 bits per heavy atom. The zero-order valence-corrected chi connectivity index (χ0v) is 16.2. The summed E-state index contributed by atoms with van der Waals surface area (Å²) in [5.41, 5.74) is 2.81. The maximum atomic E-state index is 12.3. The molecule has 1 aliphatic rings. The Bertz CT molecular complexity index is 929. The van der Waals surface area contributed by atoms with Crippen LogP contribution in [0.3, 0.4) is 0 Å². The molecule has 0 bridgehead atoms. The number of aromatic nitrogens is 3. The highest BCUT2D eigenvalue weighted by molar-refractivity contribution is 7.91. The van der Waals surface area contributed by atoms with Gasteiger partial charge in [0.05, 0.1) is 45.3 Å². The second-order valence-electron chi connectivity index (χ2n) is 6.27. The Labute approximate surface area is 150 Å². The molecule has 25 heavy (non-hydrogen) atoms. The highest BCUT2D eigenvalue weighted by Gasteiger charge is 2.31. The van der Waals surface area contributed by atoms with Crippen molar-refractivity contribution >= 4 is 37.9 Å². The molecule has 2 N–H and O–H groups in total. The van der Waals surface area contributed by atoms with E-state index in [0.717, 1.165) is 16.4 Å². The van der Waals surface area contributed by atoms with Crippen LogP contribution in [-0.2, 0) is 9.84 Å². The molecule has 0 saturated carbocycles. The van der Waals surface area contributed by atoms with Crippen molar-refractivity contribution in [2.45, 2.75) is 40.2 Å². The van der Waals surface area contributed by atoms with Gasteiger partial charge in [-0.05, 0) is 34.1 Å². The van der Waals surface area contributed by atoms with E-state index in [4.69, 9.17) is 0 Å². The molecule has 1 unspecified atom stereocenters. The molecule has 10 heteroatoms. The van der Waals surface area contributed by atoms with Gasteiger partial charge in [-0.3, -0.25) is 10.00 Å². The minimum Gasteiger partial charge on any atom is -0.304 e. The van der Waals surface area contributed by atoms with Gasteiger partial charge in [0, 0.05) is 0 Å². The first-order valence-corrected chi connectivity index (χ1v) is 10.6. The zero-order chi connectivity index (χ0) is 18.4. The van der Waals surface area contributed by atoms with Crippen LogP contribution in [-0.4, -0.2) is 40.7 Å². The number of carbonyl (C=O) groups excluding carboxylic acids is 1. The number of sulfone groups is 1. The van der Waals surface area contributed by atoms with E-state index in [2.05, 4.69) is 20.7 Å². The van der Waals surface area contributed by atoms with E-state index in [-0.39, 0.29) is 23.6 Å². The van der Waals surface area contributed by atoms with Crippen LogP contribution in [0.15, 0.2) is 0 Å². The van der Waals surface area contributed by atoms with Crippen molar-refractivity contribution in [1.82, 2.24) is 14.8 Å². The van der Waals surface area contributed by atoms with Crippen molar-refractivity contribution in [1.29, 1.82) is 0 Å². The minimum atomic E-state index is -3.00. The topological polar surface area (TPSA) is 106 Å². The fourth-order valence-electron chi connectivity index (χ4n) is 3.06. The molecular formula is C15H21N5O3S2. The quantitative estimate of drug-likeness (QED) is 0.847. The first-order valence-electron chi connectivity index (χ1n) is 7.94. The second kappa shape index (κ2) is 6.41. The number of amides is 2. The van der Waals surface area contributed by atoms with E-state index >= 15 is 0 Å². The maximum absolute atomic E-state index is 12.3. The molecule has 3 heterocycles. The third-order valence-corrected chi connectivity index (χ3v) is 6.99. The number of thiazole rings is 1. The average Bonchev–Trinajstić information content (AvgIpc) is 3.10. The van der Waals surface area contributed by atoms with E-state index < -0.39 is 9.84 Å². The van der Waals surface area contributed by atoms with Crippen LogP contribution in [0.25, 0.3) is 0 Å². The number of aryl methyl sites for hydroxylation is 3. The molecule has 1 saturated heterocycles. The Morgan fingerprint density at radius 2 is 1.92 bits per heavy atom. The van der Waals surface area contributed by atoms with Gasteiger partial charge in [0.15, 0.2) is 9.84 Å². The molecule has 2 aromatic rings. The van der Waals surface area contributed by atoms with E-state index in [0.29, 0.717) is 22.8 Å². The summed E-state index contributed by atoms with van der Waals surface area (Å²) in [6, 6.07) is -0.537. The van der Waals surface area contributed by atoms with Crippen LogP contribution >= 0.6 is 11.3 Å². The fourth-order valence-corrected chi connectivity index (χ4v) is 5.57. The number of rotatable bonds is 3. The summed E-state index contributed by atoms with van der Waals surface area (Å²) in [5.74, 6) is 0.281. The average molecular weight is 383 g/mol. The molecule has 0 aromatic carbocycles. The zero-order valence-electron chi connectivity index (χ0n) is 14.6. The first-order chi connectivity index (χ1) is 11.7. The number of nitrogens with zero attached hydrogens (tertiary/aromatic N) is 3. The number of anilines is 2. The van der Waals surface area contributed by atoms with Crippen molar-refractivity contribution in [2.24, 2.45) is 0 Å². The van der Waals surface area contributed by atoms with Crippen LogP contribution in [0.1, 0.15) is 34.6 Å². The molecule has 0 spiro atoms. The Balaban J connectivity index is 1.77. The molecule has 0 aliphatic carbocycles. The normalized spacial score (nSPS) is 19.1. The molecule has 3 rings (SSSR count). The fraction of sp³-hybridized carbons (Fsp3) is 0.533. The number of hydrogen-bond acceptors (Lipinski definition) is 6. The van der Waals surface area contributed by atoms with Gasteiger partial charge in [0.2, 0.25) is 0 Å². The molecule has 1 aliphatic heterocycles. The highest BCUT2D eigenvalue weighted by atomic mass is 32.2. The minimum absolute atomic E-state index is 0.0972. The lowest BCUT2D eigenvalue weighted by Gasteiger charge is -2.12. The summed E-state index contributed by atoms with van der Waals surface area (Å²) in [6.07, 6.45) is 0.551. The van der Waals surface area contributed by atoms with Crippen LogP contribution in [0.2, 0.25) is 0 Å². The standard InChI is InChI=1S/C15H21N5O3S2/c1-8-13(17-15(21)18-14-9(2)16-11(4)24-14)10(3)20(19-8)12-5-6-25(22,23)7-12/h12H,5-7H2,1-4H3,(H2,17,18,21). The van der Waals surface area contributed by atoms with Crippen LogP contribution in [0.5, 0.6) is 0 Å². The first kappa shape index (κ1) is 17.9. The molecule has 2 aromatic heterocycles. The molecule has 1 fully saturated rings. The van der Waals surface area contributed by atoms with Gasteiger partial charge >= 0.3 is 6.03 Å². The lowest BCUT2D eigenvalue weighted by molar-refractivity contribution is 0.262. The van der Waals surface area contributed by atoms with E-state index in [1.165, 1.54) is 11.3 Å². The summed E-state index contributed by atoms with van der Waals surface area (Å²) in [4.78, 5) is 16.6. The summed E-state index contributed by atoms with van der Waals surface area (Å²) < 4.78 is 25.1. The van der Waals surface area contributed by atoms with Crippen molar-refractivity contribution in [3.63, 3.8) is 0 Å². The van der Waals surface area contributed by atoms with Crippen molar-refractivity contribution in [3.8, 4) is 0 Å². The van der Waals surface area contributed by atoms with Crippen LogP contribution in [0.4, 0.5) is 15.5 Å². The van der Waals surface area contributed by atoms with E-state index in [9.17, 15) is 13.2 Å². The second-order valence-corrected chi connectivity index (χ2v) is 9.71. The van der Waals surface area contributed by atoms with Gasteiger partial charge in [0.25, 0.3) is 0 Å². The van der Waals surface area contributed by atoms with Gasteiger partial charge in [-0.2, -0.15) is 5.10 Å². The molecule has 136 valence electrons. The summed E-state index contributed by atoms with van der Waals surface area (Å²) >= 11 is 1.42. The van der Waals surface area contributed by atoms with E-state index in [1.807, 2.05) is 20.8 Å². The molecule has 1 atom stereocenters. The third-order valence-electron chi connectivity index (χ3n) is 4.25. The van der Waals surface area contributed by atoms with Crippen LogP contribution in [0, 0.1) is 27.7 Å². The molecule has 8 nitrogen and oxygen atoms in total. The van der Waals surface area contributed by atoms with Gasteiger partial charge in [-0.1, -0.05) is 0 Å². The van der Waals surface area contributed by atoms with Gasteiger partial charge < -0.3 is 5.32 Å². The van der Waals surface area contributed by atoms with Gasteiger partial charge in [-0.15, -0.1) is 11.3 Å². The Morgan fingerprint density at radius 1 is 1.20 bits per heavy atom. The number of urea groups is 1. The Kier molecular flexibility index (Phi) is 4.58. The largest absolute Gasteiger partial charge is 0.324 e. The van der Waals surface area contributed by atoms with Gasteiger partial charge in [0.1, 0.15) is 5.00 Å². The molecule has 2 amide bonds. The van der Waals surface area contributed by atoms with Crippen molar-refractivity contribution in [3.05, 3.63) is 22.1 Å². The SMILES string of the molecule is Cc1nc(C)c(NC(=O)Nc2c(C)nn(C3CCS(=O)(=O)C3)c2C)s1. The molecule has 0 radical (unpaired) electrons. The van der Waals surface area contributed by atoms with Gasteiger partial charge in [-0.25, -0.2) is 18.2 Å². The lowest BCUT2D eigenvalue weighted by Crippen LogP contribution is -2.20. The van der Waals surface area contributed by atoms with E-state index in [1.54, 1.807) is 11.6 Å².